The summed E-state index contributed by atoms with van der Waals surface area (Å²) < 4.78 is 0. The normalized spacial score (nSPS) is 10.1. The van der Waals surface area contributed by atoms with Crippen molar-refractivity contribution in [3.63, 3.8) is 0 Å². The van der Waals surface area contributed by atoms with Crippen LogP contribution in [-0.4, -0.2) is 29.2 Å². The van der Waals surface area contributed by atoms with Crippen LogP contribution in [0.4, 0.5) is 5.69 Å². The molecule has 6 heteroatoms. The van der Waals surface area contributed by atoms with Gasteiger partial charge in [0.1, 0.15) is 0 Å². The molecule has 1 aromatic rings. The molecule has 0 aromatic heterocycles. The van der Waals surface area contributed by atoms with Crippen molar-refractivity contribution in [1.29, 1.82) is 0 Å². The number of aryl methyl sites for hydroxylation is 2. The second-order valence-electron chi connectivity index (χ2n) is 3.87. The topological polar surface area (TPSA) is 70.6 Å². The van der Waals surface area contributed by atoms with E-state index in [0.717, 1.165) is 16.8 Å². The zero-order chi connectivity index (χ0) is 13.5. The van der Waals surface area contributed by atoms with E-state index in [1.807, 2.05) is 32.0 Å². The van der Waals surface area contributed by atoms with Gasteiger partial charge in [-0.3, -0.25) is 4.84 Å². The quantitative estimate of drug-likeness (QED) is 0.414. The average molecular weight is 268 g/mol. The van der Waals surface area contributed by atoms with Gasteiger partial charge in [0.2, 0.25) is 0 Å². The van der Waals surface area contributed by atoms with Crippen LogP contribution in [-0.2, 0) is 9.63 Å². The molecular formula is C12H16N2O3S. The first kappa shape index (κ1) is 14.6. The van der Waals surface area contributed by atoms with Crippen molar-refractivity contribution in [3.05, 3.63) is 29.3 Å². The predicted molar refractivity (Wildman–Crippen MR) is 73.7 cm³/mol. The van der Waals surface area contributed by atoms with Crippen molar-refractivity contribution in [3.8, 4) is 0 Å². The summed E-state index contributed by atoms with van der Waals surface area (Å²) in [4.78, 5) is 15.4. The van der Waals surface area contributed by atoms with E-state index in [4.69, 9.17) is 17.3 Å². The van der Waals surface area contributed by atoms with E-state index in [2.05, 4.69) is 15.6 Å². The number of hydrogen-bond donors (Lipinski definition) is 3. The van der Waals surface area contributed by atoms with E-state index in [1.54, 1.807) is 0 Å². The van der Waals surface area contributed by atoms with Crippen molar-refractivity contribution in [2.24, 2.45) is 0 Å². The number of aliphatic carboxylic acids is 1. The second-order valence-corrected chi connectivity index (χ2v) is 4.36. The molecule has 0 bridgehead atoms. The molecule has 0 amide bonds. The molecule has 18 heavy (non-hydrogen) atoms. The van der Waals surface area contributed by atoms with E-state index < -0.39 is 12.6 Å². The fraction of sp³-hybridized carbons (Fsp3) is 0.333. The molecule has 0 atom stereocenters. The molecule has 0 aliphatic heterocycles. The molecule has 0 saturated carbocycles. The lowest BCUT2D eigenvalue weighted by molar-refractivity contribution is -0.144. The zero-order valence-corrected chi connectivity index (χ0v) is 11.1. The molecule has 0 aliphatic carbocycles. The standard InChI is InChI=1S/C12H16N2O3S/c1-8-3-4-9(2)10(5-8)14-11(18)6-13-17-7-12(15)16/h3-5,13H,6-7H2,1-2H3,(H,14,18)(H,15,16). The van der Waals surface area contributed by atoms with Gasteiger partial charge in [-0.25, -0.2) is 4.79 Å². The third kappa shape index (κ3) is 5.22. The number of hydrogen-bond acceptors (Lipinski definition) is 4. The number of rotatable bonds is 6. The molecular weight excluding hydrogens is 252 g/mol. The third-order valence-electron chi connectivity index (χ3n) is 2.20. The minimum atomic E-state index is -1.03. The van der Waals surface area contributed by atoms with Crippen LogP contribution >= 0.6 is 12.2 Å². The van der Waals surface area contributed by atoms with E-state index >= 15 is 0 Å². The Morgan fingerprint density at radius 3 is 2.83 bits per heavy atom. The molecule has 0 radical (unpaired) electrons. The van der Waals surface area contributed by atoms with Crippen LogP contribution in [0.5, 0.6) is 0 Å². The van der Waals surface area contributed by atoms with E-state index in [0.29, 0.717) is 4.99 Å². The summed E-state index contributed by atoms with van der Waals surface area (Å²) in [5, 5.41) is 11.4. The number of hydroxylamine groups is 1. The highest BCUT2D eigenvalue weighted by atomic mass is 32.1. The molecule has 1 rings (SSSR count). The molecule has 0 spiro atoms. The van der Waals surface area contributed by atoms with Crippen molar-refractivity contribution < 1.29 is 14.7 Å². The molecule has 0 fully saturated rings. The second kappa shape index (κ2) is 7.05. The molecule has 1 aromatic carbocycles. The van der Waals surface area contributed by atoms with Crippen LogP contribution in [0.15, 0.2) is 18.2 Å². The summed E-state index contributed by atoms with van der Waals surface area (Å²) in [5.74, 6) is -1.03. The average Bonchev–Trinajstić information content (AvgIpc) is 2.29. The maximum absolute atomic E-state index is 10.2. The van der Waals surface area contributed by atoms with Crippen molar-refractivity contribution in [1.82, 2.24) is 5.48 Å². The molecule has 3 N–H and O–H groups in total. The summed E-state index contributed by atoms with van der Waals surface area (Å²) in [6.45, 7) is 3.85. The highest BCUT2D eigenvalue weighted by molar-refractivity contribution is 7.80. The number of nitrogens with one attached hydrogen (secondary N) is 2. The number of thiocarbonyl (C=S) groups is 1. The smallest absolute Gasteiger partial charge is 0.331 e. The lowest BCUT2D eigenvalue weighted by Crippen LogP contribution is -2.29. The number of carbonyl (C=O) groups is 1. The van der Waals surface area contributed by atoms with Gasteiger partial charge in [0.05, 0.1) is 11.5 Å². The van der Waals surface area contributed by atoms with Gasteiger partial charge in [0.25, 0.3) is 0 Å². The van der Waals surface area contributed by atoms with Crippen LogP contribution < -0.4 is 10.8 Å². The Labute approximate surface area is 111 Å². The number of anilines is 1. The van der Waals surface area contributed by atoms with E-state index in [1.165, 1.54) is 0 Å². The minimum Gasteiger partial charge on any atom is -0.479 e. The molecule has 0 heterocycles. The Morgan fingerprint density at radius 1 is 1.44 bits per heavy atom. The van der Waals surface area contributed by atoms with Gasteiger partial charge in [-0.05, 0) is 31.0 Å². The first-order chi connectivity index (χ1) is 8.49. The van der Waals surface area contributed by atoms with Gasteiger partial charge in [0, 0.05) is 5.69 Å². The fourth-order valence-corrected chi connectivity index (χ4v) is 1.46. The molecule has 5 nitrogen and oxygen atoms in total. The summed E-state index contributed by atoms with van der Waals surface area (Å²) in [6, 6.07) is 6.03. The summed E-state index contributed by atoms with van der Waals surface area (Å²) in [5.41, 5.74) is 5.66. The van der Waals surface area contributed by atoms with Crippen molar-refractivity contribution >= 4 is 28.9 Å². The maximum atomic E-state index is 10.2. The molecule has 0 aliphatic rings. The van der Waals surface area contributed by atoms with E-state index in [9.17, 15) is 4.79 Å². The Hall–Kier alpha value is -1.50. The van der Waals surface area contributed by atoms with Crippen molar-refractivity contribution in [2.45, 2.75) is 13.8 Å². The lowest BCUT2D eigenvalue weighted by atomic mass is 10.1. The fourth-order valence-electron chi connectivity index (χ4n) is 1.29. The van der Waals surface area contributed by atoms with Crippen LogP contribution in [0, 0.1) is 13.8 Å². The largest absolute Gasteiger partial charge is 0.479 e. The van der Waals surface area contributed by atoms with Gasteiger partial charge >= 0.3 is 5.97 Å². The number of benzene rings is 1. The first-order valence-corrected chi connectivity index (χ1v) is 5.83. The summed E-state index contributed by atoms with van der Waals surface area (Å²) >= 11 is 5.12. The molecule has 0 saturated heterocycles. The van der Waals surface area contributed by atoms with Crippen molar-refractivity contribution in [2.75, 3.05) is 18.5 Å². The maximum Gasteiger partial charge on any atom is 0.331 e. The van der Waals surface area contributed by atoms with Gasteiger partial charge in [-0.15, -0.1) is 0 Å². The van der Waals surface area contributed by atoms with Crippen LogP contribution in [0.2, 0.25) is 0 Å². The molecule has 0 unspecified atom stereocenters. The minimum absolute atomic E-state index is 0.260. The van der Waals surface area contributed by atoms with E-state index in [-0.39, 0.29) is 6.54 Å². The van der Waals surface area contributed by atoms with Gasteiger partial charge < -0.3 is 10.4 Å². The Morgan fingerprint density at radius 2 is 2.17 bits per heavy atom. The predicted octanol–water partition coefficient (Wildman–Crippen LogP) is 1.65. The van der Waals surface area contributed by atoms with Crippen LogP contribution in [0.25, 0.3) is 0 Å². The first-order valence-electron chi connectivity index (χ1n) is 5.42. The summed E-state index contributed by atoms with van der Waals surface area (Å²) in [6.07, 6.45) is 0. The highest BCUT2D eigenvalue weighted by Gasteiger charge is 2.02. The van der Waals surface area contributed by atoms with Gasteiger partial charge in [-0.2, -0.15) is 5.48 Å². The third-order valence-corrected chi connectivity index (χ3v) is 2.44. The Balaban J connectivity index is 2.40. The van der Waals surface area contributed by atoms with Crippen LogP contribution in [0.1, 0.15) is 11.1 Å². The highest BCUT2D eigenvalue weighted by Crippen LogP contribution is 2.16. The van der Waals surface area contributed by atoms with Gasteiger partial charge in [0.15, 0.2) is 6.61 Å². The lowest BCUT2D eigenvalue weighted by Gasteiger charge is -2.11. The number of carboxylic acid groups (broad SMARTS) is 1. The number of carboxylic acids is 1. The summed E-state index contributed by atoms with van der Waals surface area (Å²) in [7, 11) is 0. The zero-order valence-electron chi connectivity index (χ0n) is 10.3. The monoisotopic (exact) mass is 268 g/mol. The van der Waals surface area contributed by atoms with Gasteiger partial charge in [-0.1, -0.05) is 24.4 Å². The Bertz CT molecular complexity index is 449. The Kier molecular flexibility index (Phi) is 5.70. The SMILES string of the molecule is Cc1ccc(C)c(NC(=S)CNOCC(=O)O)c1. The van der Waals surface area contributed by atoms with Crippen LogP contribution in [0.3, 0.4) is 0 Å². The molecule has 98 valence electrons.